The van der Waals surface area contributed by atoms with E-state index in [4.69, 9.17) is 9.72 Å². The van der Waals surface area contributed by atoms with Crippen molar-refractivity contribution in [3.8, 4) is 0 Å². The third-order valence-electron chi connectivity index (χ3n) is 5.64. The average molecular weight is 415 g/mol. The Kier molecular flexibility index (Phi) is 5.58. The van der Waals surface area contributed by atoms with E-state index in [1.807, 2.05) is 24.8 Å². The first-order valence-electron chi connectivity index (χ1n) is 10.8. The maximum absolute atomic E-state index is 5.43. The Morgan fingerprint density at radius 3 is 2.71 bits per heavy atom. The molecule has 4 aromatic rings. The molecule has 0 amide bonds. The summed E-state index contributed by atoms with van der Waals surface area (Å²) in [5.41, 5.74) is 5.46. The molecule has 4 aromatic heterocycles. The predicted octanol–water partition coefficient (Wildman–Crippen LogP) is 3.27. The van der Waals surface area contributed by atoms with Crippen molar-refractivity contribution in [2.24, 2.45) is 0 Å². The number of ether oxygens (including phenoxy) is 1. The number of H-pyrrole nitrogens is 1. The van der Waals surface area contributed by atoms with E-state index in [-0.39, 0.29) is 0 Å². The van der Waals surface area contributed by atoms with Crippen LogP contribution in [0.15, 0.2) is 49.1 Å². The molecule has 1 aliphatic heterocycles. The van der Waals surface area contributed by atoms with Crippen LogP contribution in [0.5, 0.6) is 0 Å². The molecule has 7 nitrogen and oxygen atoms in total. The second-order valence-corrected chi connectivity index (χ2v) is 7.99. The summed E-state index contributed by atoms with van der Waals surface area (Å²) in [5, 5.41) is 1.16. The largest absolute Gasteiger partial charge is 0.378 e. The van der Waals surface area contributed by atoms with Crippen molar-refractivity contribution in [3.05, 3.63) is 77.3 Å². The van der Waals surface area contributed by atoms with Gasteiger partial charge in [-0.2, -0.15) is 0 Å². The fraction of sp³-hybridized carbons (Fsp3) is 0.333. The van der Waals surface area contributed by atoms with Gasteiger partial charge in [0, 0.05) is 61.8 Å². The van der Waals surface area contributed by atoms with Gasteiger partial charge >= 0.3 is 0 Å². The maximum Gasteiger partial charge on any atom is 0.137 e. The quantitative estimate of drug-likeness (QED) is 0.522. The highest BCUT2D eigenvalue weighted by Gasteiger charge is 2.13. The number of nitrogens with one attached hydrogen (secondary N) is 1. The number of aromatic nitrogens is 5. The number of anilines is 1. The molecule has 5 heterocycles. The molecule has 0 unspecified atom stereocenters. The van der Waals surface area contributed by atoms with Crippen LogP contribution < -0.4 is 4.90 Å². The van der Waals surface area contributed by atoms with Crippen LogP contribution in [0.3, 0.4) is 0 Å². The Morgan fingerprint density at radius 1 is 1.03 bits per heavy atom. The number of morpholine rings is 1. The van der Waals surface area contributed by atoms with Crippen molar-refractivity contribution in [2.45, 2.75) is 26.2 Å². The van der Waals surface area contributed by atoms with E-state index in [9.17, 15) is 0 Å². The van der Waals surface area contributed by atoms with Crippen LogP contribution in [0.25, 0.3) is 11.0 Å². The summed E-state index contributed by atoms with van der Waals surface area (Å²) >= 11 is 0. The summed E-state index contributed by atoms with van der Waals surface area (Å²) < 4.78 is 5.43. The normalized spacial score (nSPS) is 14.3. The molecule has 0 radical (unpaired) electrons. The van der Waals surface area contributed by atoms with Crippen LogP contribution >= 0.6 is 0 Å². The minimum atomic E-state index is 0.765. The molecular formula is C24H26N6O. The number of hydrogen-bond acceptors (Lipinski definition) is 6. The van der Waals surface area contributed by atoms with Gasteiger partial charge in [0.25, 0.3) is 0 Å². The number of hydrogen-bond donors (Lipinski definition) is 1. The first-order valence-corrected chi connectivity index (χ1v) is 10.8. The van der Waals surface area contributed by atoms with Crippen molar-refractivity contribution in [1.29, 1.82) is 0 Å². The molecule has 1 N–H and O–H groups in total. The van der Waals surface area contributed by atoms with E-state index in [0.29, 0.717) is 0 Å². The summed E-state index contributed by atoms with van der Waals surface area (Å²) in [6.07, 6.45) is 10.2. The van der Waals surface area contributed by atoms with Gasteiger partial charge in [0.05, 0.1) is 13.2 Å². The molecule has 0 aromatic carbocycles. The summed E-state index contributed by atoms with van der Waals surface area (Å²) in [7, 11) is 0. The topological polar surface area (TPSA) is 79.8 Å². The molecule has 1 aliphatic rings. The van der Waals surface area contributed by atoms with E-state index < -0.39 is 0 Å². The van der Waals surface area contributed by atoms with Gasteiger partial charge in [0.1, 0.15) is 17.3 Å². The Balaban J connectivity index is 1.22. The van der Waals surface area contributed by atoms with Crippen molar-refractivity contribution in [3.63, 3.8) is 0 Å². The SMILES string of the molecule is Cc1cnc2[nH]cc(Cc3cnc(CCc4cccc(N5CCOCC5)n4)nc3)c2c1. The van der Waals surface area contributed by atoms with Crippen LogP contribution in [-0.4, -0.2) is 51.2 Å². The summed E-state index contributed by atoms with van der Waals surface area (Å²) in [4.78, 5) is 24.0. The van der Waals surface area contributed by atoms with Crippen LogP contribution in [0.2, 0.25) is 0 Å². The van der Waals surface area contributed by atoms with E-state index in [2.05, 4.69) is 56.0 Å². The van der Waals surface area contributed by atoms with Crippen molar-refractivity contribution >= 4 is 16.9 Å². The third-order valence-corrected chi connectivity index (χ3v) is 5.64. The number of aryl methyl sites for hydroxylation is 3. The molecule has 1 fully saturated rings. The average Bonchev–Trinajstić information content (AvgIpc) is 3.21. The summed E-state index contributed by atoms with van der Waals surface area (Å²) in [6, 6.07) is 8.39. The monoisotopic (exact) mass is 414 g/mol. The fourth-order valence-electron chi connectivity index (χ4n) is 3.94. The highest BCUT2D eigenvalue weighted by atomic mass is 16.5. The van der Waals surface area contributed by atoms with Crippen LogP contribution in [0.1, 0.15) is 28.2 Å². The van der Waals surface area contributed by atoms with Gasteiger partial charge in [0.15, 0.2) is 0 Å². The highest BCUT2D eigenvalue weighted by Crippen LogP contribution is 2.20. The van der Waals surface area contributed by atoms with E-state index in [1.165, 1.54) is 5.56 Å². The van der Waals surface area contributed by atoms with E-state index >= 15 is 0 Å². The summed E-state index contributed by atoms with van der Waals surface area (Å²) in [6.45, 7) is 5.38. The molecule has 158 valence electrons. The second kappa shape index (κ2) is 8.81. The molecule has 0 atom stereocenters. The molecule has 7 heteroatoms. The standard InChI is InChI=1S/C24H26N6O/c1-17-11-21-19(16-28-24(21)27-13-17)12-18-14-25-22(26-15-18)6-5-20-3-2-4-23(29-20)30-7-9-31-10-8-30/h2-4,11,13-16H,5-10,12H2,1H3,(H,27,28). The fourth-order valence-corrected chi connectivity index (χ4v) is 3.94. The van der Waals surface area contributed by atoms with Gasteiger partial charge in [-0.05, 0) is 48.2 Å². The lowest BCUT2D eigenvalue weighted by molar-refractivity contribution is 0.122. The summed E-state index contributed by atoms with van der Waals surface area (Å²) in [5.74, 6) is 1.87. The van der Waals surface area contributed by atoms with E-state index in [1.54, 1.807) is 0 Å². The smallest absolute Gasteiger partial charge is 0.137 e. The molecular weight excluding hydrogens is 388 g/mol. The molecule has 31 heavy (non-hydrogen) atoms. The van der Waals surface area contributed by atoms with Crippen LogP contribution in [0, 0.1) is 6.92 Å². The van der Waals surface area contributed by atoms with Gasteiger partial charge in [-0.25, -0.2) is 19.9 Å². The number of fused-ring (bicyclic) bond motifs is 1. The Labute approximate surface area is 181 Å². The Hall–Kier alpha value is -3.32. The number of pyridine rings is 2. The van der Waals surface area contributed by atoms with Crippen LogP contribution in [-0.2, 0) is 24.0 Å². The number of nitrogens with zero attached hydrogens (tertiary/aromatic N) is 5. The Morgan fingerprint density at radius 2 is 1.87 bits per heavy atom. The minimum absolute atomic E-state index is 0.765. The molecule has 5 rings (SSSR count). The van der Waals surface area contributed by atoms with Gasteiger partial charge in [0.2, 0.25) is 0 Å². The molecule has 1 saturated heterocycles. The van der Waals surface area contributed by atoms with Gasteiger partial charge < -0.3 is 14.6 Å². The zero-order valence-corrected chi connectivity index (χ0v) is 17.7. The first-order chi connectivity index (χ1) is 15.2. The van der Waals surface area contributed by atoms with Gasteiger partial charge in [-0.15, -0.1) is 0 Å². The van der Waals surface area contributed by atoms with E-state index in [0.717, 1.165) is 85.1 Å². The minimum Gasteiger partial charge on any atom is -0.378 e. The zero-order chi connectivity index (χ0) is 21.0. The lowest BCUT2D eigenvalue weighted by Gasteiger charge is -2.28. The second-order valence-electron chi connectivity index (χ2n) is 7.99. The van der Waals surface area contributed by atoms with Crippen molar-refractivity contribution in [1.82, 2.24) is 24.9 Å². The van der Waals surface area contributed by atoms with Crippen LogP contribution in [0.4, 0.5) is 5.82 Å². The van der Waals surface area contributed by atoms with Crippen molar-refractivity contribution in [2.75, 3.05) is 31.2 Å². The predicted molar refractivity (Wildman–Crippen MR) is 120 cm³/mol. The number of rotatable bonds is 6. The van der Waals surface area contributed by atoms with Crippen molar-refractivity contribution < 1.29 is 4.74 Å². The Bertz CT molecular complexity index is 1160. The van der Waals surface area contributed by atoms with Gasteiger partial charge in [-0.3, -0.25) is 0 Å². The molecule has 0 aliphatic carbocycles. The lowest BCUT2D eigenvalue weighted by Crippen LogP contribution is -2.36. The lowest BCUT2D eigenvalue weighted by atomic mass is 10.1. The molecule has 0 saturated carbocycles. The zero-order valence-electron chi connectivity index (χ0n) is 17.7. The third kappa shape index (κ3) is 4.56. The molecule has 0 bridgehead atoms. The first kappa shape index (κ1) is 19.6. The highest BCUT2D eigenvalue weighted by molar-refractivity contribution is 5.80. The van der Waals surface area contributed by atoms with Gasteiger partial charge in [-0.1, -0.05) is 6.07 Å². The number of aromatic amines is 1. The maximum atomic E-state index is 5.43. The molecule has 0 spiro atoms.